The molecule has 6 heteroatoms. The van der Waals surface area contributed by atoms with Gasteiger partial charge in [-0.1, -0.05) is 0 Å². The molecule has 116 valence electrons. The van der Waals surface area contributed by atoms with Gasteiger partial charge in [-0.15, -0.1) is 0 Å². The minimum Gasteiger partial charge on any atom is -0.493 e. The Morgan fingerprint density at radius 2 is 2.05 bits per heavy atom. The molecule has 2 rings (SSSR count). The van der Waals surface area contributed by atoms with Gasteiger partial charge in [0.15, 0.2) is 17.5 Å². The highest BCUT2D eigenvalue weighted by molar-refractivity contribution is 9.10. The first-order valence-electron chi connectivity index (χ1n) is 7.02. The van der Waals surface area contributed by atoms with Crippen molar-refractivity contribution in [3.05, 3.63) is 22.2 Å². The Morgan fingerprint density at radius 3 is 2.62 bits per heavy atom. The van der Waals surface area contributed by atoms with Crippen LogP contribution in [0.15, 0.2) is 21.6 Å². The fourth-order valence-electron chi connectivity index (χ4n) is 2.04. The van der Waals surface area contributed by atoms with E-state index in [1.165, 1.54) is 12.8 Å². The van der Waals surface area contributed by atoms with Gasteiger partial charge in [-0.25, -0.2) is 0 Å². The molecule has 0 unspecified atom stereocenters. The van der Waals surface area contributed by atoms with Crippen LogP contribution < -0.4 is 20.1 Å². The molecular formula is C15H22BrN3O2. The topological polar surface area (TPSA) is 54.9 Å². The average Bonchev–Trinajstić information content (AvgIpc) is 3.31. The molecule has 0 aromatic heterocycles. The van der Waals surface area contributed by atoms with Gasteiger partial charge in [-0.2, -0.15) is 0 Å². The van der Waals surface area contributed by atoms with Crippen molar-refractivity contribution >= 4 is 21.9 Å². The number of nitrogens with one attached hydrogen (secondary N) is 2. The lowest BCUT2D eigenvalue weighted by molar-refractivity contribution is 0.352. The van der Waals surface area contributed by atoms with Crippen LogP contribution in [0.25, 0.3) is 0 Å². The fraction of sp³-hybridized carbons (Fsp3) is 0.533. The number of hydrogen-bond donors (Lipinski definition) is 2. The minimum atomic E-state index is 0.670. The van der Waals surface area contributed by atoms with Crippen molar-refractivity contribution in [2.24, 2.45) is 10.9 Å². The van der Waals surface area contributed by atoms with Crippen molar-refractivity contribution in [1.29, 1.82) is 0 Å². The Balaban J connectivity index is 1.96. The summed E-state index contributed by atoms with van der Waals surface area (Å²) in [5.74, 6) is 3.06. The van der Waals surface area contributed by atoms with E-state index >= 15 is 0 Å². The monoisotopic (exact) mass is 355 g/mol. The normalized spacial score (nSPS) is 14.8. The van der Waals surface area contributed by atoms with Crippen molar-refractivity contribution in [1.82, 2.24) is 10.6 Å². The summed E-state index contributed by atoms with van der Waals surface area (Å²) in [4.78, 5) is 4.23. The van der Waals surface area contributed by atoms with E-state index in [1.54, 1.807) is 21.3 Å². The van der Waals surface area contributed by atoms with Gasteiger partial charge in [-0.05, 0) is 52.4 Å². The third-order valence-corrected chi connectivity index (χ3v) is 4.02. The van der Waals surface area contributed by atoms with Gasteiger partial charge in [0, 0.05) is 20.1 Å². The Bertz CT molecular complexity index is 516. The molecule has 1 aliphatic rings. The molecular weight excluding hydrogens is 334 g/mol. The van der Waals surface area contributed by atoms with E-state index in [-0.39, 0.29) is 0 Å². The number of nitrogens with zero attached hydrogens (tertiary/aromatic N) is 1. The molecule has 0 bridgehead atoms. The largest absolute Gasteiger partial charge is 0.493 e. The summed E-state index contributed by atoms with van der Waals surface area (Å²) < 4.78 is 11.5. The Morgan fingerprint density at radius 1 is 1.29 bits per heavy atom. The van der Waals surface area contributed by atoms with Crippen LogP contribution >= 0.6 is 15.9 Å². The lowest BCUT2D eigenvalue weighted by Gasteiger charge is -2.14. The smallest absolute Gasteiger partial charge is 0.191 e. The number of benzene rings is 1. The predicted octanol–water partition coefficient (Wildman–Crippen LogP) is 2.54. The third kappa shape index (κ3) is 4.52. The summed E-state index contributed by atoms with van der Waals surface area (Å²) in [7, 11) is 5.05. The molecule has 0 radical (unpaired) electrons. The molecule has 1 aliphatic carbocycles. The molecule has 1 aromatic rings. The summed E-state index contributed by atoms with van der Waals surface area (Å²) in [5.41, 5.74) is 1.09. The maximum atomic E-state index is 5.35. The molecule has 2 N–H and O–H groups in total. The summed E-state index contributed by atoms with van der Waals surface area (Å²) in [6, 6.07) is 3.98. The van der Waals surface area contributed by atoms with Crippen molar-refractivity contribution in [3.63, 3.8) is 0 Å². The van der Waals surface area contributed by atoms with Gasteiger partial charge in [0.05, 0.1) is 18.7 Å². The van der Waals surface area contributed by atoms with Crippen molar-refractivity contribution in [2.75, 3.05) is 27.8 Å². The summed E-state index contributed by atoms with van der Waals surface area (Å²) in [5, 5.41) is 6.65. The summed E-state index contributed by atoms with van der Waals surface area (Å²) in [6.45, 7) is 1.67. The van der Waals surface area contributed by atoms with E-state index in [4.69, 9.17) is 9.47 Å². The number of halogens is 1. The maximum Gasteiger partial charge on any atom is 0.191 e. The highest BCUT2D eigenvalue weighted by atomic mass is 79.9. The van der Waals surface area contributed by atoms with E-state index in [9.17, 15) is 0 Å². The van der Waals surface area contributed by atoms with Crippen LogP contribution in [0.2, 0.25) is 0 Å². The van der Waals surface area contributed by atoms with E-state index in [0.29, 0.717) is 18.0 Å². The van der Waals surface area contributed by atoms with Gasteiger partial charge in [0.25, 0.3) is 0 Å². The predicted molar refractivity (Wildman–Crippen MR) is 88.2 cm³/mol. The lowest BCUT2D eigenvalue weighted by Crippen LogP contribution is -2.37. The molecule has 0 amide bonds. The molecule has 1 fully saturated rings. The van der Waals surface area contributed by atoms with Gasteiger partial charge in [0.1, 0.15) is 0 Å². The molecule has 1 saturated carbocycles. The highest BCUT2D eigenvalue weighted by Crippen LogP contribution is 2.36. The zero-order chi connectivity index (χ0) is 15.2. The van der Waals surface area contributed by atoms with Crippen LogP contribution in [0.5, 0.6) is 11.5 Å². The summed E-state index contributed by atoms with van der Waals surface area (Å²) >= 11 is 3.50. The molecule has 0 atom stereocenters. The molecule has 0 aliphatic heterocycles. The molecule has 21 heavy (non-hydrogen) atoms. The molecule has 5 nitrogen and oxygen atoms in total. The zero-order valence-corrected chi connectivity index (χ0v) is 14.3. The highest BCUT2D eigenvalue weighted by Gasteiger charge is 2.21. The molecule has 0 spiro atoms. The van der Waals surface area contributed by atoms with Crippen LogP contribution in [0.1, 0.15) is 18.4 Å². The average molecular weight is 356 g/mol. The Labute approximate surface area is 134 Å². The van der Waals surface area contributed by atoms with Crippen LogP contribution in [0.4, 0.5) is 0 Å². The Hall–Kier alpha value is -1.43. The molecule has 0 heterocycles. The van der Waals surface area contributed by atoms with Crippen molar-refractivity contribution in [3.8, 4) is 11.5 Å². The van der Waals surface area contributed by atoms with E-state index in [2.05, 4.69) is 31.6 Å². The fourth-order valence-corrected chi connectivity index (χ4v) is 2.69. The zero-order valence-electron chi connectivity index (χ0n) is 12.7. The number of rotatable bonds is 6. The minimum absolute atomic E-state index is 0.670. The van der Waals surface area contributed by atoms with Crippen LogP contribution in [-0.4, -0.2) is 33.8 Å². The standard InChI is InChI=1S/C15H22BrN3O2/c1-17-15(18-8-10-4-5-10)19-9-11-6-12(16)14(21-3)13(7-11)20-2/h6-7,10H,4-5,8-9H2,1-3H3,(H2,17,18,19). The third-order valence-electron chi connectivity index (χ3n) is 3.43. The summed E-state index contributed by atoms with van der Waals surface area (Å²) in [6.07, 6.45) is 2.65. The van der Waals surface area contributed by atoms with Gasteiger partial charge >= 0.3 is 0 Å². The molecule has 1 aromatic carbocycles. The maximum absolute atomic E-state index is 5.35. The van der Waals surface area contributed by atoms with Crippen LogP contribution in [-0.2, 0) is 6.54 Å². The van der Waals surface area contributed by atoms with Crippen molar-refractivity contribution in [2.45, 2.75) is 19.4 Å². The van der Waals surface area contributed by atoms with E-state index < -0.39 is 0 Å². The van der Waals surface area contributed by atoms with Gasteiger partial charge in [-0.3, -0.25) is 4.99 Å². The second-order valence-corrected chi connectivity index (χ2v) is 5.92. The number of methoxy groups -OCH3 is 2. The quantitative estimate of drug-likeness (QED) is 0.608. The first-order chi connectivity index (χ1) is 10.2. The van der Waals surface area contributed by atoms with Crippen LogP contribution in [0, 0.1) is 5.92 Å². The number of guanidine groups is 1. The second-order valence-electron chi connectivity index (χ2n) is 5.06. The Kier molecular flexibility index (Phi) is 5.73. The first kappa shape index (κ1) is 15.9. The van der Waals surface area contributed by atoms with Gasteiger partial charge < -0.3 is 20.1 Å². The van der Waals surface area contributed by atoms with Crippen molar-refractivity contribution < 1.29 is 9.47 Å². The van der Waals surface area contributed by atoms with Crippen LogP contribution in [0.3, 0.4) is 0 Å². The second kappa shape index (κ2) is 7.54. The number of hydrogen-bond acceptors (Lipinski definition) is 3. The van der Waals surface area contributed by atoms with E-state index in [0.717, 1.165) is 28.5 Å². The SMILES string of the molecule is CN=C(NCc1cc(Br)c(OC)c(OC)c1)NCC1CC1. The molecule has 0 saturated heterocycles. The first-order valence-corrected chi connectivity index (χ1v) is 7.82. The number of ether oxygens (including phenoxy) is 2. The van der Waals surface area contributed by atoms with E-state index in [1.807, 2.05) is 12.1 Å². The van der Waals surface area contributed by atoms with Gasteiger partial charge in [0.2, 0.25) is 0 Å². The number of aliphatic imine (C=N–C) groups is 1. The lowest BCUT2D eigenvalue weighted by atomic mass is 10.2.